The summed E-state index contributed by atoms with van der Waals surface area (Å²) in [7, 11) is 0. The maximum absolute atomic E-state index is 13.3. The molecule has 0 saturated carbocycles. The number of aliphatic carboxylic acids is 6. The van der Waals surface area contributed by atoms with Crippen LogP contribution in [0.2, 0.25) is 5.02 Å². The first kappa shape index (κ1) is 72.9. The third-order valence-electron chi connectivity index (χ3n) is 13.2. The fourth-order valence-electron chi connectivity index (χ4n) is 8.95. The number of nitrogens with one attached hydrogen (secondary N) is 3. The highest BCUT2D eigenvalue weighted by atomic mass is 35.5. The molecule has 21 nitrogen and oxygen atoms in total. The van der Waals surface area contributed by atoms with Crippen molar-refractivity contribution in [1.29, 1.82) is 0 Å². The van der Waals surface area contributed by atoms with E-state index in [2.05, 4.69) is 21.0 Å². The monoisotopic (exact) mass is 1280 g/mol. The zero-order valence-corrected chi connectivity index (χ0v) is 50.0. The van der Waals surface area contributed by atoms with Gasteiger partial charge < -0.3 is 35.4 Å². The van der Waals surface area contributed by atoms with Crippen LogP contribution >= 0.6 is 11.6 Å². The van der Waals surface area contributed by atoms with Crippen molar-refractivity contribution in [2.24, 2.45) is 17.8 Å². The van der Waals surface area contributed by atoms with Crippen LogP contribution in [0.5, 0.6) is 5.75 Å². The molecule has 2 aromatic heterocycles. The van der Waals surface area contributed by atoms with Crippen molar-refractivity contribution in [1.82, 2.24) is 34.9 Å². The quantitative estimate of drug-likeness (QED) is 0.0190. The molecule has 0 fully saturated rings. The number of carbonyl (C=O) groups is 6. The number of rotatable bonds is 30. The number of aromatic nitrogens is 4. The molecular weight excluding hydrogens is 1200 g/mol. The van der Waals surface area contributed by atoms with Gasteiger partial charge in [0.05, 0.1) is 35.6 Å². The molecule has 0 saturated heterocycles. The second-order valence-corrected chi connectivity index (χ2v) is 22.5. The van der Waals surface area contributed by atoms with Crippen molar-refractivity contribution in [3.63, 3.8) is 0 Å². The van der Waals surface area contributed by atoms with Gasteiger partial charge in [-0.3, -0.25) is 53.9 Å². The lowest BCUT2D eigenvalue weighted by Gasteiger charge is -2.22. The minimum Gasteiger partial charge on any atom is -0.489 e. The van der Waals surface area contributed by atoms with E-state index in [4.69, 9.17) is 16.3 Å². The number of ether oxygens (including phenoxy) is 1. The highest BCUT2D eigenvalue weighted by Crippen LogP contribution is 2.38. The highest BCUT2D eigenvalue weighted by molar-refractivity contribution is 6.30. The second-order valence-electron chi connectivity index (χ2n) is 22.0. The molecule has 2 heterocycles. The van der Waals surface area contributed by atoms with Gasteiger partial charge in [-0.1, -0.05) is 102 Å². The minimum atomic E-state index is -5.04. The highest BCUT2D eigenvalue weighted by Gasteiger charge is 2.38. The Balaban J connectivity index is 0.000000291. The summed E-state index contributed by atoms with van der Waals surface area (Å²) in [6.07, 6.45) is -4.39. The molecule has 89 heavy (non-hydrogen) atoms. The van der Waals surface area contributed by atoms with Crippen LogP contribution in [0.1, 0.15) is 94.3 Å². The molecular formula is C61H72ClF6N7O14. The lowest BCUT2D eigenvalue weighted by Crippen LogP contribution is -2.50. The van der Waals surface area contributed by atoms with Crippen molar-refractivity contribution in [3.05, 3.63) is 171 Å². The number of hydrogen-bond donors (Lipinski definition) is 9. The number of nitrogens with zero attached hydrogens (tertiary/aromatic N) is 4. The van der Waals surface area contributed by atoms with Crippen LogP contribution in [-0.2, 0) is 73.7 Å². The first-order valence-corrected chi connectivity index (χ1v) is 28.2. The molecule has 4 aromatic carbocycles. The fraction of sp³-hybridized carbons (Fsp3) is 0.410. The van der Waals surface area contributed by atoms with Crippen LogP contribution in [0.15, 0.2) is 127 Å². The molecule has 484 valence electrons. The molecule has 0 amide bonds. The first-order chi connectivity index (χ1) is 41.6. The summed E-state index contributed by atoms with van der Waals surface area (Å²) in [4.78, 5) is 81.6. The minimum absolute atomic E-state index is 0.0171. The van der Waals surface area contributed by atoms with Gasteiger partial charge in [0, 0.05) is 35.6 Å². The van der Waals surface area contributed by atoms with E-state index >= 15 is 0 Å². The average Bonchev–Trinajstić information content (AvgIpc) is 1.63. The number of hydrogen-bond acceptors (Lipinski definition) is 12. The third kappa shape index (κ3) is 24.5. The van der Waals surface area contributed by atoms with E-state index < -0.39 is 108 Å². The summed E-state index contributed by atoms with van der Waals surface area (Å²) in [5, 5.41) is 69.3. The maximum atomic E-state index is 13.3. The maximum Gasteiger partial charge on any atom is 0.416 e. The zero-order chi connectivity index (χ0) is 66.5. The Morgan fingerprint density at radius 3 is 1.53 bits per heavy atom. The van der Waals surface area contributed by atoms with E-state index in [1.807, 2.05) is 64.1 Å². The Morgan fingerprint density at radius 1 is 0.539 bits per heavy atom. The molecule has 0 spiro atoms. The number of para-hydroxylation sites is 1. The number of benzene rings is 4. The lowest BCUT2D eigenvalue weighted by atomic mass is 10.0. The average molecular weight is 1280 g/mol. The molecule has 9 N–H and O–H groups in total. The van der Waals surface area contributed by atoms with E-state index in [-0.39, 0.29) is 67.5 Å². The lowest BCUT2D eigenvalue weighted by molar-refractivity contribution is -0.145. The van der Waals surface area contributed by atoms with Crippen molar-refractivity contribution in [2.75, 3.05) is 0 Å². The van der Waals surface area contributed by atoms with Gasteiger partial charge in [0.1, 0.15) is 48.6 Å². The molecule has 0 aliphatic carbocycles. The van der Waals surface area contributed by atoms with Gasteiger partial charge in [0.25, 0.3) is 0 Å². The molecule has 0 radical (unpaired) electrons. The normalized spacial score (nSPS) is 13.7. The van der Waals surface area contributed by atoms with E-state index in [1.165, 1.54) is 39.6 Å². The van der Waals surface area contributed by atoms with Gasteiger partial charge in [-0.05, 0) is 109 Å². The van der Waals surface area contributed by atoms with Gasteiger partial charge >= 0.3 is 53.9 Å². The predicted molar refractivity (Wildman–Crippen MR) is 314 cm³/mol. The summed E-state index contributed by atoms with van der Waals surface area (Å²) in [6.45, 7) is 10.5. The van der Waals surface area contributed by atoms with Crippen LogP contribution in [0, 0.1) is 17.8 Å². The van der Waals surface area contributed by atoms with Crippen molar-refractivity contribution < 1.29 is 90.5 Å². The Kier molecular flexibility index (Phi) is 27.6. The number of carboxylic acid groups (broad SMARTS) is 6. The van der Waals surface area contributed by atoms with Crippen molar-refractivity contribution in [2.45, 2.75) is 142 Å². The number of imidazole rings is 1. The molecule has 28 heteroatoms. The zero-order valence-electron chi connectivity index (χ0n) is 49.3. The number of carboxylic acids is 6. The summed E-state index contributed by atoms with van der Waals surface area (Å²) >= 11 is 5.96. The second kappa shape index (κ2) is 33.7. The predicted octanol–water partition coefficient (Wildman–Crippen LogP) is 9.24. The largest absolute Gasteiger partial charge is 0.489 e. The molecule has 6 aromatic rings. The van der Waals surface area contributed by atoms with E-state index in [9.17, 15) is 90.5 Å². The molecule has 0 aliphatic rings. The van der Waals surface area contributed by atoms with Crippen LogP contribution in [0.3, 0.4) is 0 Å². The van der Waals surface area contributed by atoms with Crippen LogP contribution in [-0.4, -0.2) is 122 Å². The Hall–Kier alpha value is -8.53. The van der Waals surface area contributed by atoms with Crippen molar-refractivity contribution in [3.8, 4) is 11.4 Å². The van der Waals surface area contributed by atoms with Crippen LogP contribution in [0.25, 0.3) is 5.69 Å². The fourth-order valence-corrected chi connectivity index (χ4v) is 9.16. The van der Waals surface area contributed by atoms with Gasteiger partial charge in [-0.2, -0.15) is 31.4 Å². The summed E-state index contributed by atoms with van der Waals surface area (Å²) in [5.74, 6) is -6.72. The Labute approximate surface area is 512 Å². The van der Waals surface area contributed by atoms with E-state index in [0.717, 1.165) is 11.3 Å². The summed E-state index contributed by atoms with van der Waals surface area (Å²) < 4.78 is 88.3. The van der Waals surface area contributed by atoms with Crippen LogP contribution in [0.4, 0.5) is 26.3 Å². The number of alkyl halides is 6. The van der Waals surface area contributed by atoms with E-state index in [1.54, 1.807) is 55.2 Å². The SMILES string of the molecule is CC(C)CC(NC(Cc1cccc(OCc2ccc(C(F)(F)F)cc2C(F)(F)F)c1)C(=O)O)C(=O)O.CC(C)CC(NC(Cc1ccn(-c2ccccc2)n1)C(=O)O)C(=O)O.CC(C)CC(NC(Cn1ccn(Cc2cccc(Cl)c2)c1=O)C(=O)O)C(=O)O. The van der Waals surface area contributed by atoms with Gasteiger partial charge in [0.15, 0.2) is 0 Å². The van der Waals surface area contributed by atoms with Crippen LogP contribution < -0.4 is 26.4 Å². The first-order valence-electron chi connectivity index (χ1n) is 27.9. The molecule has 0 bridgehead atoms. The van der Waals surface area contributed by atoms with Gasteiger partial charge in [-0.25, -0.2) is 9.48 Å². The molecule has 6 atom stereocenters. The molecule has 6 rings (SSSR count). The molecule has 6 unspecified atom stereocenters. The third-order valence-corrected chi connectivity index (χ3v) is 13.4. The Bertz CT molecular complexity index is 3370. The number of halogens is 7. The smallest absolute Gasteiger partial charge is 0.416 e. The topological polar surface area (TPSA) is 314 Å². The summed E-state index contributed by atoms with van der Waals surface area (Å²) in [5.41, 5.74) is -1.13. The standard InChI is InChI=1S/C24H25F6NO5.C19H24ClN3O5.C18H23N3O4/c1-13(2)8-19(21(32)33)31-20(22(34)35)10-14-4-3-5-17(9-14)36-12-15-6-7-16(23(25,26)27)11-18(15)24(28,29)30;1-12(2)8-15(17(24)25)21-16(18(26)27)11-23-7-6-22(19(23)28)10-13-4-3-5-14(20)9-13;1-12(2)10-15(17(22)23)19-16(18(24)25)11-13-8-9-21(20-13)14-6-4-3-5-7-14/h3-7,9,11,13,19-20,31H,8,10,12H2,1-2H3,(H,32,33)(H,34,35);3-7,9,12,15-16,21H,8,10-11H2,1-2H3,(H,24,25)(H,26,27);3-9,12,15-16,19H,10-11H2,1-2H3,(H,22,23)(H,24,25). The van der Waals surface area contributed by atoms with Gasteiger partial charge in [0.2, 0.25) is 0 Å². The van der Waals surface area contributed by atoms with E-state index in [0.29, 0.717) is 41.4 Å². The van der Waals surface area contributed by atoms with Gasteiger partial charge in [-0.15, -0.1) is 0 Å². The summed E-state index contributed by atoms with van der Waals surface area (Å²) in [6, 6.07) is 18.8. The van der Waals surface area contributed by atoms with Crippen molar-refractivity contribution >= 4 is 47.4 Å². The Morgan fingerprint density at radius 2 is 1.03 bits per heavy atom. The molecule has 0 aliphatic heterocycles.